The van der Waals surface area contributed by atoms with Crippen LogP contribution < -0.4 is 0 Å². The average Bonchev–Trinajstić information content (AvgIpc) is 2.74. The lowest BCUT2D eigenvalue weighted by atomic mass is 9.80. The van der Waals surface area contributed by atoms with Gasteiger partial charge in [-0.1, -0.05) is 25.7 Å². The monoisotopic (exact) mass is 212 g/mol. The summed E-state index contributed by atoms with van der Waals surface area (Å²) >= 11 is 0. The van der Waals surface area contributed by atoms with Crippen LogP contribution in [-0.4, -0.2) is 22.4 Å². The van der Waals surface area contributed by atoms with Gasteiger partial charge in [0.25, 0.3) is 0 Å². The van der Waals surface area contributed by atoms with Crippen molar-refractivity contribution in [1.29, 1.82) is 0 Å². The van der Waals surface area contributed by atoms with Crippen molar-refractivity contribution in [3.8, 4) is 0 Å². The number of hydrogen-bond donors (Lipinski definition) is 2. The summed E-state index contributed by atoms with van der Waals surface area (Å²) in [4.78, 5) is 0. The molecular formula is C13H24O2. The molecule has 2 N–H and O–H groups in total. The first-order chi connectivity index (χ1) is 7.27. The van der Waals surface area contributed by atoms with Crippen LogP contribution in [0.15, 0.2) is 0 Å². The number of aliphatic hydroxyl groups is 2. The number of aliphatic hydroxyl groups excluding tert-OH is 2. The van der Waals surface area contributed by atoms with Crippen LogP contribution in [0.4, 0.5) is 0 Å². The standard InChI is InChI=1S/C13H24O2/c14-12-8-4-3-7-11(12)9-13(15)10-5-1-2-6-10/h10-15H,1-9H2. The van der Waals surface area contributed by atoms with E-state index in [1.807, 2.05) is 0 Å². The highest BCUT2D eigenvalue weighted by Crippen LogP contribution is 2.34. The van der Waals surface area contributed by atoms with E-state index in [1.165, 1.54) is 32.1 Å². The lowest BCUT2D eigenvalue weighted by Gasteiger charge is -2.30. The molecule has 0 bridgehead atoms. The molecule has 2 fully saturated rings. The van der Waals surface area contributed by atoms with Crippen LogP contribution in [0.2, 0.25) is 0 Å². The predicted molar refractivity (Wildman–Crippen MR) is 60.5 cm³/mol. The van der Waals surface area contributed by atoms with Gasteiger partial charge in [0.05, 0.1) is 12.2 Å². The molecule has 0 heterocycles. The third-order valence-corrected chi connectivity index (χ3v) is 4.36. The Hall–Kier alpha value is -0.0800. The molecule has 0 radical (unpaired) electrons. The Balaban J connectivity index is 1.78. The molecule has 88 valence electrons. The second-order valence-corrected chi connectivity index (χ2v) is 5.46. The molecule has 0 spiro atoms. The normalized spacial score (nSPS) is 35.6. The van der Waals surface area contributed by atoms with Crippen molar-refractivity contribution in [3.05, 3.63) is 0 Å². The van der Waals surface area contributed by atoms with Crippen molar-refractivity contribution < 1.29 is 10.2 Å². The summed E-state index contributed by atoms with van der Waals surface area (Å²) in [6.07, 6.45) is 9.98. The molecule has 2 nitrogen and oxygen atoms in total. The molecule has 0 aromatic rings. The Morgan fingerprint density at radius 2 is 1.53 bits per heavy atom. The molecule has 2 aliphatic carbocycles. The highest BCUT2D eigenvalue weighted by atomic mass is 16.3. The first-order valence-electron chi connectivity index (χ1n) is 6.63. The minimum absolute atomic E-state index is 0.144. The van der Waals surface area contributed by atoms with Gasteiger partial charge in [0.2, 0.25) is 0 Å². The summed E-state index contributed by atoms with van der Waals surface area (Å²) in [5.41, 5.74) is 0. The second kappa shape index (κ2) is 5.31. The van der Waals surface area contributed by atoms with E-state index >= 15 is 0 Å². The molecule has 0 saturated heterocycles. The molecule has 0 aliphatic heterocycles. The second-order valence-electron chi connectivity index (χ2n) is 5.46. The molecule has 15 heavy (non-hydrogen) atoms. The molecule has 3 atom stereocenters. The van der Waals surface area contributed by atoms with E-state index in [2.05, 4.69) is 0 Å². The molecule has 3 unspecified atom stereocenters. The summed E-state index contributed by atoms with van der Waals surface area (Å²) in [6.45, 7) is 0. The third kappa shape index (κ3) is 2.94. The van der Waals surface area contributed by atoms with Crippen LogP contribution in [0.1, 0.15) is 57.8 Å². The quantitative estimate of drug-likeness (QED) is 0.754. The van der Waals surface area contributed by atoms with Crippen LogP contribution in [0.5, 0.6) is 0 Å². The Morgan fingerprint density at radius 1 is 0.933 bits per heavy atom. The maximum absolute atomic E-state index is 10.1. The van der Waals surface area contributed by atoms with Crippen molar-refractivity contribution >= 4 is 0 Å². The zero-order chi connectivity index (χ0) is 10.7. The lowest BCUT2D eigenvalue weighted by molar-refractivity contribution is 0.0159. The van der Waals surface area contributed by atoms with Gasteiger partial charge in [0.15, 0.2) is 0 Å². The summed E-state index contributed by atoms with van der Waals surface area (Å²) in [6, 6.07) is 0. The maximum Gasteiger partial charge on any atom is 0.0572 e. The van der Waals surface area contributed by atoms with Crippen LogP contribution >= 0.6 is 0 Å². The first kappa shape index (κ1) is 11.4. The van der Waals surface area contributed by atoms with E-state index < -0.39 is 0 Å². The van der Waals surface area contributed by atoms with Crippen LogP contribution in [0.3, 0.4) is 0 Å². The largest absolute Gasteiger partial charge is 0.393 e. The minimum atomic E-state index is -0.148. The van der Waals surface area contributed by atoms with Crippen LogP contribution in [-0.2, 0) is 0 Å². The molecule has 0 amide bonds. The number of hydrogen-bond acceptors (Lipinski definition) is 2. The van der Waals surface area contributed by atoms with Crippen molar-refractivity contribution in [2.45, 2.75) is 70.0 Å². The van der Waals surface area contributed by atoms with Gasteiger partial charge in [0.1, 0.15) is 0 Å². The van der Waals surface area contributed by atoms with Gasteiger partial charge in [-0.2, -0.15) is 0 Å². The van der Waals surface area contributed by atoms with E-state index in [0.717, 1.165) is 25.7 Å². The van der Waals surface area contributed by atoms with Crippen molar-refractivity contribution in [1.82, 2.24) is 0 Å². The van der Waals surface area contributed by atoms with Gasteiger partial charge in [-0.05, 0) is 43.9 Å². The molecule has 2 heteroatoms. The topological polar surface area (TPSA) is 40.5 Å². The molecule has 2 saturated carbocycles. The van der Waals surface area contributed by atoms with Crippen molar-refractivity contribution in [2.24, 2.45) is 11.8 Å². The summed E-state index contributed by atoms with van der Waals surface area (Å²) in [5, 5.41) is 20.0. The average molecular weight is 212 g/mol. The predicted octanol–water partition coefficient (Wildman–Crippen LogP) is 2.48. The summed E-state index contributed by atoms with van der Waals surface area (Å²) in [7, 11) is 0. The summed E-state index contributed by atoms with van der Waals surface area (Å²) < 4.78 is 0. The SMILES string of the molecule is OC(CC1CCCCC1O)C1CCCC1. The fraction of sp³-hybridized carbons (Fsp3) is 1.00. The summed E-state index contributed by atoms with van der Waals surface area (Å²) in [5.74, 6) is 0.897. The third-order valence-electron chi connectivity index (χ3n) is 4.36. The Kier molecular flexibility index (Phi) is 4.04. The van der Waals surface area contributed by atoms with Gasteiger partial charge in [-0.15, -0.1) is 0 Å². The molecular weight excluding hydrogens is 188 g/mol. The van der Waals surface area contributed by atoms with E-state index in [-0.39, 0.29) is 12.2 Å². The molecule has 2 aliphatic rings. The molecule has 0 aromatic heterocycles. The van der Waals surface area contributed by atoms with E-state index in [4.69, 9.17) is 0 Å². The Morgan fingerprint density at radius 3 is 2.20 bits per heavy atom. The fourth-order valence-corrected chi connectivity index (χ4v) is 3.31. The van der Waals surface area contributed by atoms with Crippen molar-refractivity contribution in [2.75, 3.05) is 0 Å². The van der Waals surface area contributed by atoms with Gasteiger partial charge < -0.3 is 10.2 Å². The minimum Gasteiger partial charge on any atom is -0.393 e. The van der Waals surface area contributed by atoms with Gasteiger partial charge in [0, 0.05) is 0 Å². The van der Waals surface area contributed by atoms with Gasteiger partial charge in [-0.3, -0.25) is 0 Å². The lowest BCUT2D eigenvalue weighted by Crippen LogP contribution is -2.30. The van der Waals surface area contributed by atoms with Crippen LogP contribution in [0.25, 0.3) is 0 Å². The highest BCUT2D eigenvalue weighted by Gasteiger charge is 2.29. The van der Waals surface area contributed by atoms with Gasteiger partial charge >= 0.3 is 0 Å². The zero-order valence-electron chi connectivity index (χ0n) is 9.57. The molecule has 2 rings (SSSR count). The van der Waals surface area contributed by atoms with Gasteiger partial charge in [-0.25, -0.2) is 0 Å². The molecule has 0 aromatic carbocycles. The van der Waals surface area contributed by atoms with Crippen LogP contribution in [0, 0.1) is 11.8 Å². The maximum atomic E-state index is 10.1. The number of rotatable bonds is 3. The fourth-order valence-electron chi connectivity index (χ4n) is 3.31. The first-order valence-corrected chi connectivity index (χ1v) is 6.63. The zero-order valence-corrected chi connectivity index (χ0v) is 9.57. The highest BCUT2D eigenvalue weighted by molar-refractivity contribution is 4.81. The Bertz CT molecular complexity index is 187. The Labute approximate surface area is 92.7 Å². The smallest absolute Gasteiger partial charge is 0.0572 e. The van der Waals surface area contributed by atoms with Crippen molar-refractivity contribution in [3.63, 3.8) is 0 Å². The van der Waals surface area contributed by atoms with E-state index in [1.54, 1.807) is 0 Å². The van der Waals surface area contributed by atoms with E-state index in [0.29, 0.717) is 11.8 Å². The van der Waals surface area contributed by atoms with E-state index in [9.17, 15) is 10.2 Å².